The van der Waals surface area contributed by atoms with Crippen LogP contribution in [-0.2, 0) is 4.74 Å². The Kier molecular flexibility index (Phi) is 5.78. The third kappa shape index (κ3) is 3.90. The van der Waals surface area contributed by atoms with E-state index in [1.165, 1.54) is 6.07 Å². The molecule has 4 rings (SSSR count). The van der Waals surface area contributed by atoms with Gasteiger partial charge in [0.1, 0.15) is 46.9 Å². The van der Waals surface area contributed by atoms with Crippen molar-refractivity contribution in [3.63, 3.8) is 0 Å². The first-order valence-corrected chi connectivity index (χ1v) is 9.64. The molecule has 5 atom stereocenters. The molecule has 3 aromatic rings. The maximum absolute atomic E-state index is 13.2. The van der Waals surface area contributed by atoms with Crippen molar-refractivity contribution in [2.75, 3.05) is 6.61 Å². The van der Waals surface area contributed by atoms with E-state index in [1.807, 2.05) is 0 Å². The summed E-state index contributed by atoms with van der Waals surface area (Å²) in [7, 11) is 0. The Morgan fingerprint density at radius 2 is 1.61 bits per heavy atom. The Bertz CT molecular complexity index is 1250. The zero-order valence-corrected chi connectivity index (χ0v) is 16.7. The van der Waals surface area contributed by atoms with E-state index in [2.05, 4.69) is 0 Å². The van der Waals surface area contributed by atoms with Crippen LogP contribution < -0.4 is 10.2 Å². The first kappa shape index (κ1) is 22.6. The lowest BCUT2D eigenvalue weighted by atomic mass is 9.99. The summed E-state index contributed by atoms with van der Waals surface area (Å²) in [5, 5.41) is 78.7. The molecule has 2 aromatic carbocycles. The van der Waals surface area contributed by atoms with Crippen molar-refractivity contribution >= 4 is 11.0 Å². The van der Waals surface area contributed by atoms with Crippen LogP contribution >= 0.6 is 0 Å². The third-order valence-corrected chi connectivity index (χ3v) is 5.24. The average molecular weight is 464 g/mol. The molecule has 0 spiro atoms. The molecule has 0 bridgehead atoms. The van der Waals surface area contributed by atoms with Gasteiger partial charge in [0.2, 0.25) is 17.5 Å². The van der Waals surface area contributed by atoms with E-state index >= 15 is 0 Å². The van der Waals surface area contributed by atoms with E-state index in [1.54, 1.807) is 0 Å². The van der Waals surface area contributed by atoms with Crippen molar-refractivity contribution in [3.05, 3.63) is 40.6 Å². The molecule has 1 saturated heterocycles. The maximum atomic E-state index is 13.2. The monoisotopic (exact) mass is 464 g/mol. The van der Waals surface area contributed by atoms with E-state index in [0.29, 0.717) is 0 Å². The summed E-state index contributed by atoms with van der Waals surface area (Å²) in [5.74, 6) is -3.05. The first-order chi connectivity index (χ1) is 15.6. The predicted molar refractivity (Wildman–Crippen MR) is 109 cm³/mol. The second kappa shape index (κ2) is 8.42. The number of aliphatic hydroxyl groups is 4. The topological polar surface area (TPSA) is 211 Å². The lowest BCUT2D eigenvalue weighted by Crippen LogP contribution is -2.60. The number of ether oxygens (including phenoxy) is 2. The van der Waals surface area contributed by atoms with Gasteiger partial charge in [-0.1, -0.05) is 0 Å². The second-order valence-electron chi connectivity index (χ2n) is 7.45. The van der Waals surface area contributed by atoms with Gasteiger partial charge in [-0.05, 0) is 18.2 Å². The van der Waals surface area contributed by atoms with E-state index < -0.39 is 71.5 Å². The van der Waals surface area contributed by atoms with Crippen LogP contribution in [-0.4, -0.2) is 78.2 Å². The Balaban J connectivity index is 1.91. The number of aromatic hydroxyl groups is 4. The Hall–Kier alpha value is -3.55. The van der Waals surface area contributed by atoms with Gasteiger partial charge in [0.05, 0.1) is 6.61 Å². The van der Waals surface area contributed by atoms with E-state index in [9.17, 15) is 45.6 Å². The van der Waals surface area contributed by atoms with Crippen molar-refractivity contribution in [2.45, 2.75) is 30.7 Å². The molecule has 2 unspecified atom stereocenters. The van der Waals surface area contributed by atoms with Gasteiger partial charge in [-0.15, -0.1) is 0 Å². The molecular weight excluding hydrogens is 444 g/mol. The van der Waals surface area contributed by atoms with E-state index in [0.717, 1.165) is 24.3 Å². The fraction of sp³-hybridized carbons (Fsp3) is 0.286. The van der Waals surface area contributed by atoms with Crippen LogP contribution in [0.4, 0.5) is 0 Å². The lowest BCUT2D eigenvalue weighted by Gasteiger charge is -2.39. The zero-order chi connectivity index (χ0) is 24.0. The van der Waals surface area contributed by atoms with Gasteiger partial charge in [-0.25, -0.2) is 0 Å². The van der Waals surface area contributed by atoms with Gasteiger partial charge in [-0.2, -0.15) is 0 Å². The molecule has 12 heteroatoms. The number of rotatable bonds is 4. The molecule has 2 heterocycles. The minimum Gasteiger partial charge on any atom is -0.508 e. The van der Waals surface area contributed by atoms with Crippen molar-refractivity contribution in [1.29, 1.82) is 0 Å². The molecule has 1 aliphatic heterocycles. The predicted octanol–water partition coefficient (Wildman–Crippen LogP) is -0.539. The molecule has 0 saturated carbocycles. The van der Waals surface area contributed by atoms with Crippen LogP contribution in [0.2, 0.25) is 0 Å². The summed E-state index contributed by atoms with van der Waals surface area (Å²) in [6.45, 7) is -0.740. The summed E-state index contributed by atoms with van der Waals surface area (Å²) in [6, 6.07) is 5.36. The molecule has 1 fully saturated rings. The summed E-state index contributed by atoms with van der Waals surface area (Å²) < 4.78 is 16.5. The van der Waals surface area contributed by atoms with Gasteiger partial charge >= 0.3 is 0 Å². The minimum absolute atomic E-state index is 0.0201. The highest BCUT2D eigenvalue weighted by atomic mass is 16.7. The highest BCUT2D eigenvalue weighted by Gasteiger charge is 2.45. The van der Waals surface area contributed by atoms with E-state index in [-0.39, 0.29) is 22.3 Å². The summed E-state index contributed by atoms with van der Waals surface area (Å²) in [6.07, 6.45) is -8.40. The normalized spacial score (nSPS) is 25.3. The molecule has 176 valence electrons. The molecule has 1 aromatic heterocycles. The first-order valence-electron chi connectivity index (χ1n) is 9.64. The Morgan fingerprint density at radius 1 is 0.879 bits per heavy atom. The summed E-state index contributed by atoms with van der Waals surface area (Å²) >= 11 is 0. The van der Waals surface area contributed by atoms with Crippen LogP contribution in [0.25, 0.3) is 22.3 Å². The highest BCUT2D eigenvalue weighted by molar-refractivity contribution is 5.88. The van der Waals surface area contributed by atoms with Gasteiger partial charge in [0.25, 0.3) is 0 Å². The maximum Gasteiger partial charge on any atom is 0.239 e. The van der Waals surface area contributed by atoms with Crippen LogP contribution in [0.3, 0.4) is 0 Å². The van der Waals surface area contributed by atoms with Crippen LogP contribution in [0.15, 0.2) is 39.5 Å². The third-order valence-electron chi connectivity index (χ3n) is 5.24. The molecule has 0 radical (unpaired) electrons. The average Bonchev–Trinajstić information content (AvgIpc) is 2.76. The largest absolute Gasteiger partial charge is 0.508 e. The highest BCUT2D eigenvalue weighted by Crippen LogP contribution is 2.39. The number of hydrogen-bond donors (Lipinski definition) is 8. The Morgan fingerprint density at radius 3 is 2.27 bits per heavy atom. The van der Waals surface area contributed by atoms with Crippen LogP contribution in [0.1, 0.15) is 0 Å². The van der Waals surface area contributed by atoms with E-state index in [4.69, 9.17) is 13.9 Å². The number of hydrogen-bond acceptors (Lipinski definition) is 12. The quantitative estimate of drug-likeness (QED) is 0.229. The fourth-order valence-corrected chi connectivity index (χ4v) is 3.51. The number of phenolic OH excluding ortho intramolecular Hbond substituents is 4. The number of aliphatic hydroxyl groups excluding tert-OH is 4. The van der Waals surface area contributed by atoms with Gasteiger partial charge in [0.15, 0.2) is 17.3 Å². The number of benzene rings is 2. The van der Waals surface area contributed by atoms with Gasteiger partial charge < -0.3 is 54.7 Å². The van der Waals surface area contributed by atoms with Crippen molar-refractivity contribution in [2.24, 2.45) is 0 Å². The number of fused-ring (bicyclic) bond motifs is 1. The zero-order valence-electron chi connectivity index (χ0n) is 16.7. The van der Waals surface area contributed by atoms with Crippen molar-refractivity contribution in [3.8, 4) is 40.1 Å². The SMILES string of the molecule is O=c1c(O[C@H]2OC(CO)[C@@H](O)C(O)[C@H]2O)c(-c2ccc(O)c(O)c2)oc2cc(O)cc(O)c12. The second-order valence-corrected chi connectivity index (χ2v) is 7.45. The van der Waals surface area contributed by atoms with Gasteiger partial charge in [-0.3, -0.25) is 4.79 Å². The molecule has 8 N–H and O–H groups in total. The summed E-state index contributed by atoms with van der Waals surface area (Å²) in [4.78, 5) is 13.2. The number of phenols is 4. The molecule has 0 amide bonds. The van der Waals surface area contributed by atoms with Crippen molar-refractivity contribution in [1.82, 2.24) is 0 Å². The lowest BCUT2D eigenvalue weighted by molar-refractivity contribution is -0.277. The Labute approximate surface area is 184 Å². The molecule has 0 aliphatic carbocycles. The van der Waals surface area contributed by atoms with Crippen LogP contribution in [0, 0.1) is 0 Å². The summed E-state index contributed by atoms with van der Waals surface area (Å²) in [5.41, 5.74) is -1.19. The molecular formula is C21H20O12. The minimum atomic E-state index is -1.85. The van der Waals surface area contributed by atoms with Crippen molar-refractivity contribution < 1.29 is 54.7 Å². The molecule has 1 aliphatic rings. The standard InChI is InChI=1S/C21H20O12/c22-6-13-15(27)17(29)18(30)21(32-13)33-20-16(28)14-11(26)4-8(23)5-12(14)31-19(20)7-1-2-9(24)10(25)3-7/h1-5,13,15,17-18,21-27,29-30H,6H2/t13?,15-,17?,18-,21-/m1/s1. The molecule has 12 nitrogen and oxygen atoms in total. The molecule has 33 heavy (non-hydrogen) atoms. The fourth-order valence-electron chi connectivity index (χ4n) is 3.51. The smallest absolute Gasteiger partial charge is 0.239 e. The van der Waals surface area contributed by atoms with Gasteiger partial charge in [0, 0.05) is 17.7 Å². The van der Waals surface area contributed by atoms with Crippen LogP contribution in [0.5, 0.6) is 28.7 Å².